The molecule has 3 rings (SSSR count). The molecule has 0 spiro atoms. The number of carbonyl (C=O) groups excluding carboxylic acids is 1. The topological polar surface area (TPSA) is 73.8 Å². The molecule has 128 valence electrons. The van der Waals surface area contributed by atoms with Gasteiger partial charge < -0.3 is 5.73 Å². The maximum Gasteiger partial charge on any atom is 0.408 e. The fraction of sp³-hybridized carbons (Fsp3) is 0.438. The third-order valence-corrected chi connectivity index (χ3v) is 4.14. The highest BCUT2D eigenvalue weighted by Gasteiger charge is 2.32. The van der Waals surface area contributed by atoms with Gasteiger partial charge in [-0.05, 0) is 29.9 Å². The molecule has 1 aromatic carbocycles. The van der Waals surface area contributed by atoms with Crippen molar-refractivity contribution in [1.82, 2.24) is 14.8 Å². The number of nitrogens with zero attached hydrogens (tertiary/aromatic N) is 3. The lowest BCUT2D eigenvalue weighted by atomic mass is 9.97. The third kappa shape index (κ3) is 3.74. The number of hydrogen-bond acceptors (Lipinski definition) is 3. The van der Waals surface area contributed by atoms with Crippen molar-refractivity contribution in [3.63, 3.8) is 0 Å². The lowest BCUT2D eigenvalue weighted by molar-refractivity contribution is -0.143. The zero-order valence-electron chi connectivity index (χ0n) is 12.9. The zero-order valence-corrected chi connectivity index (χ0v) is 12.9. The molecule has 2 aromatic rings. The van der Waals surface area contributed by atoms with Gasteiger partial charge in [0.1, 0.15) is 12.4 Å². The van der Waals surface area contributed by atoms with Crippen LogP contribution in [0.25, 0.3) is 0 Å². The van der Waals surface area contributed by atoms with Gasteiger partial charge >= 0.3 is 6.18 Å². The van der Waals surface area contributed by atoms with E-state index in [1.807, 2.05) is 24.3 Å². The highest BCUT2D eigenvalue weighted by Crippen LogP contribution is 2.35. The average Bonchev–Trinajstić information content (AvgIpc) is 3.02. The minimum Gasteiger partial charge on any atom is -0.369 e. The summed E-state index contributed by atoms with van der Waals surface area (Å²) in [6.07, 6.45) is -2.54. The number of fused-ring (bicyclic) bond motifs is 1. The van der Waals surface area contributed by atoms with Gasteiger partial charge in [-0.15, -0.1) is 0 Å². The number of alkyl halides is 3. The standard InChI is InChI=1S/C16H17F3N4O/c17-16(18,19)9-23-15(21-14(22-23)8-13(20)24)7-11-6-5-10-3-1-2-4-12(10)11/h1-4,11H,5-9H2,(H2,20,24)/t11-/m1/s1. The number of amides is 1. The summed E-state index contributed by atoms with van der Waals surface area (Å²) in [5, 5.41) is 3.82. The van der Waals surface area contributed by atoms with E-state index in [1.165, 1.54) is 5.56 Å². The van der Waals surface area contributed by atoms with Crippen molar-refractivity contribution in [2.75, 3.05) is 0 Å². The van der Waals surface area contributed by atoms with E-state index in [-0.39, 0.29) is 24.0 Å². The van der Waals surface area contributed by atoms with Crippen LogP contribution in [-0.4, -0.2) is 26.8 Å². The zero-order chi connectivity index (χ0) is 17.3. The summed E-state index contributed by atoms with van der Waals surface area (Å²) >= 11 is 0. The van der Waals surface area contributed by atoms with Gasteiger partial charge in [-0.2, -0.15) is 18.3 Å². The highest BCUT2D eigenvalue weighted by molar-refractivity contribution is 5.75. The van der Waals surface area contributed by atoms with Crippen LogP contribution in [0.1, 0.15) is 35.1 Å². The van der Waals surface area contributed by atoms with Crippen molar-refractivity contribution < 1.29 is 18.0 Å². The maximum absolute atomic E-state index is 12.8. The van der Waals surface area contributed by atoms with Crippen molar-refractivity contribution >= 4 is 5.91 Å². The third-order valence-electron chi connectivity index (χ3n) is 4.14. The van der Waals surface area contributed by atoms with Crippen molar-refractivity contribution in [3.05, 3.63) is 47.0 Å². The van der Waals surface area contributed by atoms with Crippen LogP contribution in [0.5, 0.6) is 0 Å². The molecule has 0 saturated carbocycles. The van der Waals surface area contributed by atoms with E-state index in [1.54, 1.807) is 0 Å². The molecular weight excluding hydrogens is 321 g/mol. The molecule has 2 N–H and O–H groups in total. The molecule has 1 heterocycles. The quantitative estimate of drug-likeness (QED) is 0.908. The maximum atomic E-state index is 12.8. The Morgan fingerprint density at radius 2 is 2.08 bits per heavy atom. The first-order valence-electron chi connectivity index (χ1n) is 7.67. The molecule has 0 unspecified atom stereocenters. The minimum absolute atomic E-state index is 0.0352. The average molecular weight is 338 g/mol. The number of benzene rings is 1. The predicted octanol–water partition coefficient (Wildman–Crippen LogP) is 2.14. The van der Waals surface area contributed by atoms with E-state index in [0.717, 1.165) is 23.1 Å². The summed E-state index contributed by atoms with van der Waals surface area (Å²) in [7, 11) is 0. The minimum atomic E-state index is -4.40. The largest absolute Gasteiger partial charge is 0.408 e. The molecule has 1 amide bonds. The van der Waals surface area contributed by atoms with Gasteiger partial charge in [-0.3, -0.25) is 4.79 Å². The van der Waals surface area contributed by atoms with Crippen LogP contribution in [-0.2, 0) is 30.6 Å². The molecule has 8 heteroatoms. The Kier molecular flexibility index (Phi) is 4.29. The van der Waals surface area contributed by atoms with Gasteiger partial charge in [0.2, 0.25) is 5.91 Å². The van der Waals surface area contributed by atoms with Crippen LogP contribution in [0.3, 0.4) is 0 Å². The lowest BCUT2D eigenvalue weighted by Crippen LogP contribution is -2.21. The molecule has 1 aliphatic carbocycles. The number of halogens is 3. The van der Waals surface area contributed by atoms with Crippen LogP contribution >= 0.6 is 0 Å². The van der Waals surface area contributed by atoms with Crippen LogP contribution in [0.2, 0.25) is 0 Å². The summed E-state index contributed by atoms with van der Waals surface area (Å²) in [5.41, 5.74) is 7.46. The SMILES string of the molecule is NC(=O)Cc1nc(C[C@H]2CCc3ccccc32)n(CC(F)(F)F)n1. The number of primary amides is 1. The number of nitrogens with two attached hydrogens (primary N) is 1. The van der Waals surface area contributed by atoms with Gasteiger partial charge in [0.15, 0.2) is 5.82 Å². The Hall–Kier alpha value is -2.38. The number of rotatable bonds is 5. The normalized spacial score (nSPS) is 17.0. The summed E-state index contributed by atoms with van der Waals surface area (Å²) < 4.78 is 39.1. The van der Waals surface area contributed by atoms with Crippen LogP contribution in [0.15, 0.2) is 24.3 Å². The summed E-state index contributed by atoms with van der Waals surface area (Å²) in [6, 6.07) is 7.92. The fourth-order valence-corrected chi connectivity index (χ4v) is 3.18. The first-order valence-corrected chi connectivity index (χ1v) is 7.67. The van der Waals surface area contributed by atoms with Crippen LogP contribution in [0.4, 0.5) is 13.2 Å². The Morgan fingerprint density at radius 1 is 1.33 bits per heavy atom. The van der Waals surface area contributed by atoms with Crippen molar-refractivity contribution in [2.45, 2.75) is 44.3 Å². The van der Waals surface area contributed by atoms with Gasteiger partial charge in [0.25, 0.3) is 0 Å². The molecule has 0 saturated heterocycles. The first-order chi connectivity index (χ1) is 11.3. The van der Waals surface area contributed by atoms with Crippen LogP contribution < -0.4 is 5.73 Å². The number of aryl methyl sites for hydroxylation is 1. The van der Waals surface area contributed by atoms with E-state index in [2.05, 4.69) is 10.1 Å². The molecular formula is C16H17F3N4O. The summed E-state index contributed by atoms with van der Waals surface area (Å²) in [5.74, 6) is -0.283. The Morgan fingerprint density at radius 3 is 2.79 bits per heavy atom. The number of carbonyl (C=O) groups is 1. The number of aromatic nitrogens is 3. The molecule has 0 radical (unpaired) electrons. The van der Waals surface area contributed by atoms with Gasteiger partial charge in [-0.1, -0.05) is 24.3 Å². The summed E-state index contributed by atoms with van der Waals surface area (Å²) in [4.78, 5) is 15.1. The highest BCUT2D eigenvalue weighted by atomic mass is 19.4. The smallest absolute Gasteiger partial charge is 0.369 e. The van der Waals surface area contributed by atoms with E-state index >= 15 is 0 Å². The van der Waals surface area contributed by atoms with Crippen molar-refractivity contribution in [3.8, 4) is 0 Å². The Labute approximate surface area is 136 Å². The second-order valence-electron chi connectivity index (χ2n) is 6.00. The molecule has 0 bridgehead atoms. The lowest BCUT2D eigenvalue weighted by Gasteiger charge is -2.13. The monoisotopic (exact) mass is 338 g/mol. The first kappa shape index (κ1) is 16.5. The molecule has 1 aromatic heterocycles. The molecule has 0 aliphatic heterocycles. The second-order valence-corrected chi connectivity index (χ2v) is 6.00. The Bertz CT molecular complexity index is 754. The second kappa shape index (κ2) is 6.26. The summed E-state index contributed by atoms with van der Waals surface area (Å²) in [6.45, 7) is -1.22. The van der Waals surface area contributed by atoms with E-state index in [0.29, 0.717) is 6.42 Å². The predicted molar refractivity (Wildman–Crippen MR) is 80.2 cm³/mol. The molecule has 1 aliphatic rings. The van der Waals surface area contributed by atoms with Crippen LogP contribution in [0, 0.1) is 0 Å². The fourth-order valence-electron chi connectivity index (χ4n) is 3.18. The van der Waals surface area contributed by atoms with E-state index in [4.69, 9.17) is 5.73 Å². The molecule has 0 fully saturated rings. The van der Waals surface area contributed by atoms with E-state index < -0.39 is 18.6 Å². The van der Waals surface area contributed by atoms with Gasteiger partial charge in [-0.25, -0.2) is 9.67 Å². The molecule has 24 heavy (non-hydrogen) atoms. The Balaban J connectivity index is 1.86. The van der Waals surface area contributed by atoms with E-state index in [9.17, 15) is 18.0 Å². The molecule has 5 nitrogen and oxygen atoms in total. The van der Waals surface area contributed by atoms with Gasteiger partial charge in [0.05, 0.1) is 6.42 Å². The number of hydrogen-bond donors (Lipinski definition) is 1. The van der Waals surface area contributed by atoms with Gasteiger partial charge in [0, 0.05) is 6.42 Å². The van der Waals surface area contributed by atoms with Crippen molar-refractivity contribution in [1.29, 1.82) is 0 Å². The molecule has 1 atom stereocenters. The van der Waals surface area contributed by atoms with Crippen molar-refractivity contribution in [2.24, 2.45) is 5.73 Å².